The number of hydrazone groups is 1. The summed E-state index contributed by atoms with van der Waals surface area (Å²) in [6.07, 6.45) is 3.17. The Balaban J connectivity index is 1.93. The molecule has 0 aliphatic heterocycles. The number of amides is 1. The van der Waals surface area contributed by atoms with Crippen molar-refractivity contribution in [2.45, 2.75) is 6.92 Å². The summed E-state index contributed by atoms with van der Waals surface area (Å²) in [5.41, 5.74) is 5.18. The molecule has 1 amide bonds. The summed E-state index contributed by atoms with van der Waals surface area (Å²) in [6, 6.07) is 16.8. The first kappa shape index (κ1) is 14.7. The number of nitrogens with zero attached hydrogens (tertiary/aromatic N) is 2. The van der Waals surface area contributed by atoms with Crippen molar-refractivity contribution >= 4 is 11.6 Å². The number of pyridine rings is 1. The number of carbonyl (C=O) groups excluding carboxylic acids is 1. The van der Waals surface area contributed by atoms with E-state index in [4.69, 9.17) is 4.42 Å². The van der Waals surface area contributed by atoms with E-state index < -0.39 is 0 Å². The molecule has 0 saturated heterocycles. The van der Waals surface area contributed by atoms with E-state index in [0.29, 0.717) is 22.7 Å². The van der Waals surface area contributed by atoms with Gasteiger partial charge < -0.3 is 4.42 Å². The number of carbonyl (C=O) groups is 1. The Labute approximate surface area is 133 Å². The summed E-state index contributed by atoms with van der Waals surface area (Å²) in [4.78, 5) is 16.5. The molecule has 0 saturated carbocycles. The third-order valence-corrected chi connectivity index (χ3v) is 3.33. The smallest absolute Gasteiger partial charge is 0.274 e. The first-order chi connectivity index (χ1) is 11.3. The lowest BCUT2D eigenvalue weighted by Gasteiger charge is -2.06. The molecule has 0 aliphatic rings. The van der Waals surface area contributed by atoms with Crippen LogP contribution >= 0.6 is 0 Å². The summed E-state index contributed by atoms with van der Waals surface area (Å²) in [7, 11) is 0. The van der Waals surface area contributed by atoms with Crippen LogP contribution in [0.25, 0.3) is 0 Å². The van der Waals surface area contributed by atoms with Gasteiger partial charge in [0.2, 0.25) is 0 Å². The predicted octanol–water partition coefficient (Wildman–Crippen LogP) is 3.17. The van der Waals surface area contributed by atoms with Gasteiger partial charge in [-0.1, -0.05) is 36.4 Å². The molecular weight excluding hydrogens is 290 g/mol. The zero-order valence-electron chi connectivity index (χ0n) is 12.6. The van der Waals surface area contributed by atoms with Gasteiger partial charge in [-0.25, -0.2) is 5.43 Å². The van der Waals surface area contributed by atoms with Crippen molar-refractivity contribution in [3.05, 3.63) is 89.6 Å². The van der Waals surface area contributed by atoms with Gasteiger partial charge in [0.1, 0.15) is 11.5 Å². The van der Waals surface area contributed by atoms with E-state index in [0.717, 1.165) is 5.56 Å². The maximum Gasteiger partial charge on any atom is 0.274 e. The van der Waals surface area contributed by atoms with Crippen molar-refractivity contribution < 1.29 is 9.21 Å². The molecule has 3 aromatic rings. The highest BCUT2D eigenvalue weighted by Gasteiger charge is 2.13. The Bertz CT molecular complexity index is 782. The molecule has 0 unspecified atom stereocenters. The number of nitrogens with one attached hydrogen (secondary N) is 1. The molecule has 0 radical (unpaired) electrons. The molecule has 0 atom stereocenters. The number of hydrogen-bond donors (Lipinski definition) is 1. The minimum Gasteiger partial charge on any atom is -0.469 e. The van der Waals surface area contributed by atoms with Gasteiger partial charge in [-0.15, -0.1) is 0 Å². The molecule has 2 aromatic heterocycles. The van der Waals surface area contributed by atoms with Crippen LogP contribution in [-0.4, -0.2) is 16.6 Å². The summed E-state index contributed by atoms with van der Waals surface area (Å²) >= 11 is 0. The van der Waals surface area contributed by atoms with Crippen molar-refractivity contribution in [3.8, 4) is 0 Å². The maximum absolute atomic E-state index is 12.2. The number of aryl methyl sites for hydroxylation is 1. The van der Waals surface area contributed by atoms with Crippen LogP contribution in [0, 0.1) is 6.92 Å². The van der Waals surface area contributed by atoms with Gasteiger partial charge in [0, 0.05) is 11.8 Å². The van der Waals surface area contributed by atoms with Crippen molar-refractivity contribution in [1.29, 1.82) is 0 Å². The zero-order chi connectivity index (χ0) is 16.1. The molecule has 0 spiro atoms. The first-order valence-electron chi connectivity index (χ1n) is 7.14. The monoisotopic (exact) mass is 305 g/mol. The highest BCUT2D eigenvalue weighted by atomic mass is 16.3. The summed E-state index contributed by atoms with van der Waals surface area (Å²) in [5.74, 6) is 0.234. The van der Waals surface area contributed by atoms with Gasteiger partial charge in [-0.3, -0.25) is 9.78 Å². The fourth-order valence-corrected chi connectivity index (χ4v) is 2.16. The normalized spacial score (nSPS) is 11.3. The topological polar surface area (TPSA) is 67.5 Å². The quantitative estimate of drug-likeness (QED) is 0.594. The molecule has 23 heavy (non-hydrogen) atoms. The fourth-order valence-electron chi connectivity index (χ4n) is 2.16. The van der Waals surface area contributed by atoms with Crippen LogP contribution in [0.15, 0.2) is 76.6 Å². The van der Waals surface area contributed by atoms with Crippen LogP contribution in [0.3, 0.4) is 0 Å². The van der Waals surface area contributed by atoms with E-state index in [1.54, 1.807) is 19.2 Å². The second-order valence-electron chi connectivity index (χ2n) is 4.87. The molecule has 114 valence electrons. The fraction of sp³-hybridized carbons (Fsp3) is 0.0556. The Hall–Kier alpha value is -3.21. The second kappa shape index (κ2) is 6.70. The van der Waals surface area contributed by atoms with Crippen LogP contribution in [0.5, 0.6) is 0 Å². The van der Waals surface area contributed by atoms with E-state index in [-0.39, 0.29) is 5.91 Å². The van der Waals surface area contributed by atoms with Crippen molar-refractivity contribution in [2.75, 3.05) is 0 Å². The third kappa shape index (κ3) is 3.35. The lowest BCUT2D eigenvalue weighted by molar-refractivity contribution is 0.0953. The number of hydrogen-bond acceptors (Lipinski definition) is 4. The van der Waals surface area contributed by atoms with E-state index in [9.17, 15) is 4.79 Å². The first-order valence-corrected chi connectivity index (χ1v) is 7.14. The van der Waals surface area contributed by atoms with Crippen LogP contribution < -0.4 is 5.43 Å². The van der Waals surface area contributed by atoms with Crippen molar-refractivity contribution in [2.24, 2.45) is 5.10 Å². The summed E-state index contributed by atoms with van der Waals surface area (Å²) < 4.78 is 5.14. The average Bonchev–Trinajstić information content (AvgIpc) is 3.03. The Morgan fingerprint density at radius 1 is 1.09 bits per heavy atom. The summed E-state index contributed by atoms with van der Waals surface area (Å²) in [5, 5.41) is 4.27. The molecule has 5 nitrogen and oxygen atoms in total. The minimum atomic E-state index is -0.319. The Morgan fingerprint density at radius 2 is 1.87 bits per heavy atom. The van der Waals surface area contributed by atoms with E-state index in [1.165, 1.54) is 6.26 Å². The standard InChI is InChI=1S/C18H15N3O2/c1-13-15(10-12-23-13)18(22)21-20-17(14-7-3-2-4-8-14)16-9-5-6-11-19-16/h2-12H,1H3,(H,21,22)/b20-17-. The Morgan fingerprint density at radius 3 is 2.52 bits per heavy atom. The van der Waals surface area contributed by atoms with E-state index in [1.807, 2.05) is 48.5 Å². The SMILES string of the molecule is Cc1occc1C(=O)N/N=C(/c1ccccc1)c1ccccn1. The lowest BCUT2D eigenvalue weighted by Crippen LogP contribution is -2.21. The average molecular weight is 305 g/mol. The zero-order valence-corrected chi connectivity index (χ0v) is 12.6. The molecule has 5 heteroatoms. The largest absolute Gasteiger partial charge is 0.469 e. The van der Waals surface area contributed by atoms with Crippen LogP contribution in [0.2, 0.25) is 0 Å². The highest BCUT2D eigenvalue weighted by Crippen LogP contribution is 2.10. The Kier molecular flexibility index (Phi) is 4.29. The maximum atomic E-state index is 12.2. The van der Waals surface area contributed by atoms with Crippen molar-refractivity contribution in [3.63, 3.8) is 0 Å². The molecular formula is C18H15N3O2. The van der Waals surface area contributed by atoms with E-state index in [2.05, 4.69) is 15.5 Å². The van der Waals surface area contributed by atoms with Crippen LogP contribution in [0.4, 0.5) is 0 Å². The minimum absolute atomic E-state index is 0.319. The van der Waals surface area contributed by atoms with Crippen molar-refractivity contribution in [1.82, 2.24) is 10.4 Å². The third-order valence-electron chi connectivity index (χ3n) is 3.33. The van der Waals surface area contributed by atoms with Gasteiger partial charge in [0.05, 0.1) is 17.5 Å². The number of rotatable bonds is 4. The molecule has 0 aliphatic carbocycles. The molecule has 2 heterocycles. The molecule has 0 bridgehead atoms. The van der Waals surface area contributed by atoms with E-state index >= 15 is 0 Å². The molecule has 0 fully saturated rings. The van der Waals surface area contributed by atoms with Gasteiger partial charge >= 0.3 is 0 Å². The molecule has 1 N–H and O–H groups in total. The van der Waals surface area contributed by atoms with Gasteiger partial charge in [-0.2, -0.15) is 5.10 Å². The van der Waals surface area contributed by atoms with Gasteiger partial charge in [0.25, 0.3) is 5.91 Å². The van der Waals surface area contributed by atoms with Crippen LogP contribution in [-0.2, 0) is 0 Å². The number of aromatic nitrogens is 1. The lowest BCUT2D eigenvalue weighted by atomic mass is 10.1. The van der Waals surface area contributed by atoms with Gasteiger partial charge in [-0.05, 0) is 25.1 Å². The highest BCUT2D eigenvalue weighted by molar-refractivity contribution is 6.12. The second-order valence-corrected chi connectivity index (χ2v) is 4.87. The molecule has 3 rings (SSSR count). The predicted molar refractivity (Wildman–Crippen MR) is 87.2 cm³/mol. The number of benzene rings is 1. The number of furan rings is 1. The van der Waals surface area contributed by atoms with Gasteiger partial charge in [0.15, 0.2) is 0 Å². The summed E-state index contributed by atoms with van der Waals surface area (Å²) in [6.45, 7) is 1.73. The molecule has 1 aromatic carbocycles. The van der Waals surface area contributed by atoms with Crippen LogP contribution in [0.1, 0.15) is 27.4 Å².